The fourth-order valence-electron chi connectivity index (χ4n) is 2.87. The van der Waals surface area contributed by atoms with Crippen LogP contribution < -0.4 is 0 Å². The van der Waals surface area contributed by atoms with E-state index in [-0.39, 0.29) is 11.5 Å². The van der Waals surface area contributed by atoms with Gasteiger partial charge in [-0.05, 0) is 46.2 Å². The van der Waals surface area contributed by atoms with Crippen LogP contribution in [0.25, 0.3) is 0 Å². The first-order valence-electron chi connectivity index (χ1n) is 6.21. The van der Waals surface area contributed by atoms with Crippen molar-refractivity contribution < 1.29 is 14.2 Å². The maximum absolute atomic E-state index is 12.8. The van der Waals surface area contributed by atoms with Gasteiger partial charge in [-0.2, -0.15) is 0 Å². The lowest BCUT2D eigenvalue weighted by Crippen LogP contribution is -2.32. The molecule has 0 aliphatic carbocycles. The van der Waals surface area contributed by atoms with Crippen LogP contribution in [0.4, 0.5) is 4.39 Å². The molecule has 100 valence electrons. The molecular weight excluding hydrogens is 233 g/mol. The molecule has 2 unspecified atom stereocenters. The molecule has 3 nitrogen and oxygen atoms in total. The van der Waals surface area contributed by atoms with Gasteiger partial charge >= 0.3 is 0 Å². The zero-order valence-electron chi connectivity index (χ0n) is 11.3. The minimum absolute atomic E-state index is 0.0505. The Morgan fingerprint density at radius 2 is 2.06 bits per heavy atom. The number of aromatic nitrogens is 1. The highest BCUT2D eigenvalue weighted by Gasteiger charge is 2.49. The predicted molar refractivity (Wildman–Crippen MR) is 66.5 cm³/mol. The lowest BCUT2D eigenvalue weighted by Gasteiger charge is -2.30. The van der Waals surface area contributed by atoms with E-state index in [2.05, 4.69) is 4.98 Å². The second-order valence-corrected chi connectivity index (χ2v) is 6.12. The highest BCUT2D eigenvalue weighted by Crippen LogP contribution is 2.47. The summed E-state index contributed by atoms with van der Waals surface area (Å²) in [6, 6.07) is 2.85. The van der Waals surface area contributed by atoms with Gasteiger partial charge in [0, 0.05) is 5.92 Å². The molecule has 1 aliphatic rings. The molecule has 0 aromatic carbocycles. The summed E-state index contributed by atoms with van der Waals surface area (Å²) in [5, 5.41) is 10.4. The van der Waals surface area contributed by atoms with Crippen molar-refractivity contribution >= 4 is 0 Å². The van der Waals surface area contributed by atoms with Crippen LogP contribution >= 0.6 is 0 Å². The van der Waals surface area contributed by atoms with E-state index in [1.54, 1.807) is 0 Å². The Bertz CT molecular complexity index is 428. The Balaban J connectivity index is 2.23. The van der Waals surface area contributed by atoms with Gasteiger partial charge in [-0.1, -0.05) is 0 Å². The van der Waals surface area contributed by atoms with Crippen molar-refractivity contribution in [3.63, 3.8) is 0 Å². The minimum Gasteiger partial charge on any atom is -0.386 e. The monoisotopic (exact) mass is 253 g/mol. The largest absolute Gasteiger partial charge is 0.386 e. The van der Waals surface area contributed by atoms with Crippen molar-refractivity contribution in [2.45, 2.75) is 51.4 Å². The fourth-order valence-corrected chi connectivity index (χ4v) is 2.87. The SMILES string of the molecule is CC1(C)CC(C(O)c2ccc(F)cn2)C(C)(C)O1. The van der Waals surface area contributed by atoms with Gasteiger partial charge in [-0.25, -0.2) is 4.39 Å². The van der Waals surface area contributed by atoms with Crippen molar-refractivity contribution in [2.75, 3.05) is 0 Å². The topological polar surface area (TPSA) is 42.4 Å². The Kier molecular flexibility index (Phi) is 3.19. The molecule has 2 atom stereocenters. The first kappa shape index (κ1) is 13.4. The van der Waals surface area contributed by atoms with E-state index >= 15 is 0 Å². The van der Waals surface area contributed by atoms with Crippen LogP contribution in [0.2, 0.25) is 0 Å². The van der Waals surface area contributed by atoms with Crippen LogP contribution in [0, 0.1) is 11.7 Å². The van der Waals surface area contributed by atoms with Crippen LogP contribution in [-0.4, -0.2) is 21.3 Å². The van der Waals surface area contributed by atoms with Gasteiger partial charge < -0.3 is 9.84 Å². The first-order valence-corrected chi connectivity index (χ1v) is 6.21. The fraction of sp³-hybridized carbons (Fsp3) is 0.643. The number of hydrogen-bond acceptors (Lipinski definition) is 3. The number of pyridine rings is 1. The number of nitrogens with zero attached hydrogens (tertiary/aromatic N) is 1. The summed E-state index contributed by atoms with van der Waals surface area (Å²) in [5.41, 5.74) is -0.176. The van der Waals surface area contributed by atoms with Crippen LogP contribution in [0.1, 0.15) is 45.9 Å². The molecular formula is C14H20FNO2. The van der Waals surface area contributed by atoms with E-state index in [9.17, 15) is 9.50 Å². The van der Waals surface area contributed by atoms with E-state index in [1.165, 1.54) is 12.1 Å². The Hall–Kier alpha value is -1.00. The predicted octanol–water partition coefficient (Wildman–Crippen LogP) is 2.85. The molecule has 1 aliphatic heterocycles. The van der Waals surface area contributed by atoms with E-state index < -0.39 is 17.5 Å². The lowest BCUT2D eigenvalue weighted by atomic mass is 9.82. The normalized spacial score (nSPS) is 27.1. The third kappa shape index (κ3) is 2.54. The molecule has 18 heavy (non-hydrogen) atoms. The maximum atomic E-state index is 12.8. The molecule has 1 N–H and O–H groups in total. The summed E-state index contributed by atoms with van der Waals surface area (Å²) < 4.78 is 18.8. The van der Waals surface area contributed by atoms with E-state index in [0.717, 1.165) is 12.6 Å². The van der Waals surface area contributed by atoms with Gasteiger partial charge in [0.1, 0.15) is 11.9 Å². The molecule has 1 aromatic heterocycles. The molecule has 0 amide bonds. The maximum Gasteiger partial charge on any atom is 0.141 e. The summed E-state index contributed by atoms with van der Waals surface area (Å²) in [5.74, 6) is -0.446. The molecule has 0 spiro atoms. The van der Waals surface area contributed by atoms with Gasteiger partial charge in [0.15, 0.2) is 0 Å². The molecule has 0 radical (unpaired) electrons. The van der Waals surface area contributed by atoms with Gasteiger partial charge in [0.2, 0.25) is 0 Å². The summed E-state index contributed by atoms with van der Waals surface area (Å²) >= 11 is 0. The number of rotatable bonds is 2. The summed E-state index contributed by atoms with van der Waals surface area (Å²) in [6.07, 6.45) is 1.15. The first-order chi connectivity index (χ1) is 8.21. The van der Waals surface area contributed by atoms with E-state index in [0.29, 0.717) is 5.69 Å². The number of aliphatic hydroxyl groups is 1. The van der Waals surface area contributed by atoms with Crippen molar-refractivity contribution in [3.8, 4) is 0 Å². The zero-order valence-corrected chi connectivity index (χ0v) is 11.3. The standard InChI is InChI=1S/C14H20FNO2/c1-13(2)7-10(14(3,4)18-13)12(17)11-6-5-9(15)8-16-11/h5-6,8,10,12,17H,7H2,1-4H3. The van der Waals surface area contributed by atoms with Crippen molar-refractivity contribution in [1.82, 2.24) is 4.98 Å². The number of ether oxygens (including phenoxy) is 1. The molecule has 1 saturated heterocycles. The van der Waals surface area contributed by atoms with E-state index in [4.69, 9.17) is 4.74 Å². The van der Waals surface area contributed by atoms with Crippen LogP contribution in [0.5, 0.6) is 0 Å². The van der Waals surface area contributed by atoms with Gasteiger partial charge in [-0.15, -0.1) is 0 Å². The van der Waals surface area contributed by atoms with E-state index in [1.807, 2.05) is 27.7 Å². The Labute approximate surface area is 107 Å². The quantitative estimate of drug-likeness (QED) is 0.881. The van der Waals surface area contributed by atoms with Crippen LogP contribution in [-0.2, 0) is 4.74 Å². The third-order valence-electron chi connectivity index (χ3n) is 3.58. The number of halogens is 1. The average molecular weight is 253 g/mol. The van der Waals surface area contributed by atoms with Gasteiger partial charge in [0.05, 0.1) is 23.1 Å². The summed E-state index contributed by atoms with van der Waals surface area (Å²) in [4.78, 5) is 3.96. The molecule has 2 rings (SSSR count). The Morgan fingerprint density at radius 1 is 1.39 bits per heavy atom. The third-order valence-corrected chi connectivity index (χ3v) is 3.58. The van der Waals surface area contributed by atoms with Crippen molar-refractivity contribution in [3.05, 3.63) is 29.8 Å². The van der Waals surface area contributed by atoms with Crippen LogP contribution in [0.3, 0.4) is 0 Å². The van der Waals surface area contributed by atoms with Crippen molar-refractivity contribution in [2.24, 2.45) is 5.92 Å². The molecule has 1 fully saturated rings. The Morgan fingerprint density at radius 3 is 2.50 bits per heavy atom. The highest BCUT2D eigenvalue weighted by atomic mass is 19.1. The highest BCUT2D eigenvalue weighted by molar-refractivity contribution is 5.12. The minimum atomic E-state index is -0.734. The molecule has 4 heteroatoms. The molecule has 1 aromatic rings. The number of hydrogen-bond donors (Lipinski definition) is 1. The summed E-state index contributed by atoms with van der Waals surface area (Å²) in [7, 11) is 0. The smallest absolute Gasteiger partial charge is 0.141 e. The average Bonchev–Trinajstić information content (AvgIpc) is 2.47. The zero-order chi connectivity index (χ0) is 13.6. The second kappa shape index (κ2) is 4.28. The second-order valence-electron chi connectivity index (χ2n) is 6.12. The molecule has 0 saturated carbocycles. The lowest BCUT2D eigenvalue weighted by molar-refractivity contribution is -0.0884. The summed E-state index contributed by atoms with van der Waals surface area (Å²) in [6.45, 7) is 7.97. The number of aliphatic hydroxyl groups excluding tert-OH is 1. The molecule has 2 heterocycles. The van der Waals surface area contributed by atoms with Gasteiger partial charge in [-0.3, -0.25) is 4.98 Å². The molecule has 0 bridgehead atoms. The van der Waals surface area contributed by atoms with Gasteiger partial charge in [0.25, 0.3) is 0 Å². The van der Waals surface area contributed by atoms with Crippen molar-refractivity contribution in [1.29, 1.82) is 0 Å². The van der Waals surface area contributed by atoms with Crippen LogP contribution in [0.15, 0.2) is 18.3 Å².